The average molecular weight is 300 g/mol. The molecule has 3 heteroatoms. The molecule has 0 bridgehead atoms. The number of hydrogen-bond donors (Lipinski definition) is 1. The lowest BCUT2D eigenvalue weighted by Gasteiger charge is -2.28. The number of halogens is 1. The topological polar surface area (TPSA) is 21.3 Å². The summed E-state index contributed by atoms with van der Waals surface area (Å²) >= 11 is 3.57. The molecule has 96 valence electrons. The first-order valence-electron chi connectivity index (χ1n) is 6.05. The van der Waals surface area contributed by atoms with Gasteiger partial charge < -0.3 is 10.1 Å². The second-order valence-corrected chi connectivity index (χ2v) is 5.86. The van der Waals surface area contributed by atoms with Gasteiger partial charge in [-0.05, 0) is 39.9 Å². The summed E-state index contributed by atoms with van der Waals surface area (Å²) in [5, 5.41) is 3.59. The van der Waals surface area contributed by atoms with E-state index in [1.54, 1.807) is 7.11 Å². The normalized spacial score (nSPS) is 11.4. The molecular formula is C14H22BrNO. The molecule has 0 saturated carbocycles. The highest BCUT2D eigenvalue weighted by atomic mass is 79.9. The van der Waals surface area contributed by atoms with E-state index in [-0.39, 0.29) is 0 Å². The fourth-order valence-electron chi connectivity index (χ4n) is 2.02. The van der Waals surface area contributed by atoms with Crippen LogP contribution in [0.25, 0.3) is 0 Å². The molecule has 1 N–H and O–H groups in total. The molecule has 0 radical (unpaired) electrons. The largest absolute Gasteiger partial charge is 0.497 e. The minimum atomic E-state index is 0.457. The maximum absolute atomic E-state index is 5.25. The van der Waals surface area contributed by atoms with E-state index >= 15 is 0 Å². The molecule has 0 aliphatic heterocycles. The van der Waals surface area contributed by atoms with E-state index in [2.05, 4.69) is 48.9 Å². The highest BCUT2D eigenvalue weighted by Crippen LogP contribution is 2.29. The number of hydrogen-bond acceptors (Lipinski definition) is 2. The van der Waals surface area contributed by atoms with Gasteiger partial charge in [-0.2, -0.15) is 0 Å². The summed E-state index contributed by atoms with van der Waals surface area (Å²) in [6, 6.07) is 6.45. The van der Waals surface area contributed by atoms with Crippen molar-refractivity contribution in [3.8, 4) is 5.75 Å². The third kappa shape index (κ3) is 3.91. The van der Waals surface area contributed by atoms with Gasteiger partial charge in [0.15, 0.2) is 0 Å². The summed E-state index contributed by atoms with van der Waals surface area (Å²) in [4.78, 5) is 0. The first-order valence-corrected chi connectivity index (χ1v) is 6.85. The van der Waals surface area contributed by atoms with Crippen molar-refractivity contribution in [2.75, 3.05) is 12.4 Å². The number of methoxy groups -OCH3 is 1. The number of ether oxygens (including phenoxy) is 1. The Morgan fingerprint density at radius 3 is 2.18 bits per heavy atom. The van der Waals surface area contributed by atoms with Gasteiger partial charge >= 0.3 is 0 Å². The zero-order chi connectivity index (χ0) is 13.0. The monoisotopic (exact) mass is 299 g/mol. The summed E-state index contributed by atoms with van der Waals surface area (Å²) in [6.07, 6.45) is 0. The van der Waals surface area contributed by atoms with Crippen molar-refractivity contribution in [1.82, 2.24) is 0 Å². The number of rotatable bonds is 5. The quantitative estimate of drug-likeness (QED) is 0.861. The Bertz CT molecular complexity index is 355. The minimum absolute atomic E-state index is 0.457. The predicted molar refractivity (Wildman–Crippen MR) is 77.8 cm³/mol. The van der Waals surface area contributed by atoms with Gasteiger partial charge in [-0.15, -0.1) is 0 Å². The van der Waals surface area contributed by atoms with Gasteiger partial charge in [-0.3, -0.25) is 0 Å². The summed E-state index contributed by atoms with van der Waals surface area (Å²) in [7, 11) is 1.69. The van der Waals surface area contributed by atoms with E-state index < -0.39 is 0 Å². The molecule has 0 unspecified atom stereocenters. The smallest absolute Gasteiger partial charge is 0.121 e. The molecular weight excluding hydrogens is 278 g/mol. The molecule has 17 heavy (non-hydrogen) atoms. The Morgan fingerprint density at radius 2 is 1.71 bits per heavy atom. The van der Waals surface area contributed by atoms with Crippen LogP contribution in [0.4, 0.5) is 5.69 Å². The summed E-state index contributed by atoms with van der Waals surface area (Å²) in [5.74, 6) is 2.06. The first kappa shape index (κ1) is 14.4. The number of benzene rings is 1. The van der Waals surface area contributed by atoms with Crippen molar-refractivity contribution in [2.45, 2.75) is 33.7 Å². The first-order chi connectivity index (χ1) is 7.95. The van der Waals surface area contributed by atoms with Crippen LogP contribution in [0.5, 0.6) is 5.75 Å². The van der Waals surface area contributed by atoms with Crippen molar-refractivity contribution in [3.63, 3.8) is 0 Å². The molecule has 0 atom stereocenters. The molecule has 0 saturated heterocycles. The zero-order valence-electron chi connectivity index (χ0n) is 11.3. The van der Waals surface area contributed by atoms with Crippen LogP contribution >= 0.6 is 15.9 Å². The van der Waals surface area contributed by atoms with Gasteiger partial charge in [0, 0.05) is 16.6 Å². The van der Waals surface area contributed by atoms with Gasteiger partial charge in [0.1, 0.15) is 5.75 Å². The van der Waals surface area contributed by atoms with E-state index in [1.165, 1.54) is 0 Å². The van der Waals surface area contributed by atoms with Crippen molar-refractivity contribution in [2.24, 2.45) is 11.8 Å². The molecule has 1 rings (SSSR count). The molecule has 0 aliphatic carbocycles. The number of anilines is 1. The van der Waals surface area contributed by atoms with Crippen molar-refractivity contribution >= 4 is 21.6 Å². The molecule has 0 amide bonds. The van der Waals surface area contributed by atoms with Crippen LogP contribution in [0, 0.1) is 11.8 Å². The van der Waals surface area contributed by atoms with Crippen LogP contribution in [-0.4, -0.2) is 13.2 Å². The molecule has 0 fully saturated rings. The van der Waals surface area contributed by atoms with Crippen LogP contribution in [0.1, 0.15) is 27.7 Å². The summed E-state index contributed by atoms with van der Waals surface area (Å²) in [5.41, 5.74) is 1.09. The second-order valence-electron chi connectivity index (χ2n) is 5.00. The molecule has 0 aromatic heterocycles. The van der Waals surface area contributed by atoms with Gasteiger partial charge in [0.25, 0.3) is 0 Å². The molecule has 1 aromatic rings. The summed E-state index contributed by atoms with van der Waals surface area (Å²) < 4.78 is 6.33. The maximum Gasteiger partial charge on any atom is 0.121 e. The lowest BCUT2D eigenvalue weighted by molar-refractivity contribution is 0.408. The van der Waals surface area contributed by atoms with Crippen LogP contribution in [0.2, 0.25) is 0 Å². The van der Waals surface area contributed by atoms with E-state index in [0.29, 0.717) is 17.9 Å². The molecule has 0 aliphatic rings. The molecule has 0 heterocycles. The lowest BCUT2D eigenvalue weighted by atomic mass is 9.93. The Labute approximate surface area is 113 Å². The highest BCUT2D eigenvalue weighted by Gasteiger charge is 2.18. The van der Waals surface area contributed by atoms with Gasteiger partial charge in [-0.1, -0.05) is 27.7 Å². The van der Waals surface area contributed by atoms with E-state index in [9.17, 15) is 0 Å². The van der Waals surface area contributed by atoms with Crippen molar-refractivity contribution in [3.05, 3.63) is 22.7 Å². The third-order valence-electron chi connectivity index (χ3n) is 2.93. The Balaban J connectivity index is 2.92. The molecule has 1 aromatic carbocycles. The van der Waals surface area contributed by atoms with Crippen LogP contribution in [-0.2, 0) is 0 Å². The van der Waals surface area contributed by atoms with Gasteiger partial charge in [0.05, 0.1) is 12.8 Å². The number of nitrogens with one attached hydrogen (secondary N) is 1. The van der Waals surface area contributed by atoms with Crippen molar-refractivity contribution in [1.29, 1.82) is 0 Å². The van der Waals surface area contributed by atoms with Crippen LogP contribution in [0.3, 0.4) is 0 Å². The third-order valence-corrected chi connectivity index (χ3v) is 3.62. The fourth-order valence-corrected chi connectivity index (χ4v) is 2.39. The lowest BCUT2D eigenvalue weighted by Crippen LogP contribution is -2.31. The van der Waals surface area contributed by atoms with Crippen molar-refractivity contribution < 1.29 is 4.74 Å². The average Bonchev–Trinajstić information content (AvgIpc) is 2.27. The highest BCUT2D eigenvalue weighted by molar-refractivity contribution is 9.10. The van der Waals surface area contributed by atoms with Crippen LogP contribution < -0.4 is 10.1 Å². The Kier molecular flexibility index (Phi) is 5.31. The van der Waals surface area contributed by atoms with Crippen LogP contribution in [0.15, 0.2) is 22.7 Å². The molecule has 0 spiro atoms. The predicted octanol–water partition coefficient (Wildman–Crippen LogP) is 4.55. The Hall–Kier alpha value is -0.700. The second kappa shape index (κ2) is 6.29. The Morgan fingerprint density at radius 1 is 1.12 bits per heavy atom. The standard InChI is InChI=1S/C14H22BrNO/c1-9(2)14(10(3)4)16-13-8-11(17-5)6-7-12(13)15/h6-10,14,16H,1-5H3. The van der Waals surface area contributed by atoms with Gasteiger partial charge in [0.2, 0.25) is 0 Å². The summed E-state index contributed by atoms with van der Waals surface area (Å²) in [6.45, 7) is 8.97. The van der Waals surface area contributed by atoms with E-state index in [1.807, 2.05) is 18.2 Å². The minimum Gasteiger partial charge on any atom is -0.497 e. The maximum atomic E-state index is 5.25. The molecule has 2 nitrogen and oxygen atoms in total. The van der Waals surface area contributed by atoms with E-state index in [4.69, 9.17) is 4.74 Å². The fraction of sp³-hybridized carbons (Fsp3) is 0.571. The van der Waals surface area contributed by atoms with Gasteiger partial charge in [-0.25, -0.2) is 0 Å². The zero-order valence-corrected chi connectivity index (χ0v) is 12.8. The SMILES string of the molecule is COc1ccc(Br)c(NC(C(C)C)C(C)C)c1. The van der Waals surface area contributed by atoms with E-state index in [0.717, 1.165) is 15.9 Å².